The Morgan fingerprint density at radius 3 is 2.56 bits per heavy atom. The first-order valence-electron chi connectivity index (χ1n) is 5.63. The first-order valence-corrected chi connectivity index (χ1v) is 5.63. The van der Waals surface area contributed by atoms with Crippen LogP contribution in [0.1, 0.15) is 35.7 Å². The van der Waals surface area contributed by atoms with Gasteiger partial charge >= 0.3 is 5.97 Å². The average molecular weight is 251 g/mol. The van der Waals surface area contributed by atoms with Crippen molar-refractivity contribution in [3.05, 3.63) is 29.3 Å². The van der Waals surface area contributed by atoms with Crippen LogP contribution in [-0.2, 0) is 4.79 Å². The van der Waals surface area contributed by atoms with Gasteiger partial charge in [0.1, 0.15) is 12.3 Å². The number of rotatable bonds is 5. The lowest BCUT2D eigenvalue weighted by Gasteiger charge is -2.13. The molecule has 0 aromatic heterocycles. The van der Waals surface area contributed by atoms with Crippen molar-refractivity contribution in [1.29, 1.82) is 0 Å². The molecular formula is C13H17NO4. The zero-order valence-electron chi connectivity index (χ0n) is 10.7. The maximum atomic E-state index is 11.7. The summed E-state index contributed by atoms with van der Waals surface area (Å²) in [5.41, 5.74) is 1.35. The van der Waals surface area contributed by atoms with Gasteiger partial charge in [0.25, 0.3) is 5.91 Å². The number of carboxylic acids is 1. The van der Waals surface area contributed by atoms with E-state index in [1.54, 1.807) is 25.3 Å². The summed E-state index contributed by atoms with van der Waals surface area (Å²) in [6.45, 7) is 3.61. The van der Waals surface area contributed by atoms with Crippen molar-refractivity contribution in [1.82, 2.24) is 5.32 Å². The van der Waals surface area contributed by atoms with Crippen molar-refractivity contribution in [3.63, 3.8) is 0 Å². The van der Waals surface area contributed by atoms with Crippen LogP contribution < -0.4 is 10.1 Å². The molecule has 1 aromatic rings. The lowest BCUT2D eigenvalue weighted by atomic mass is 9.99. The van der Waals surface area contributed by atoms with Crippen LogP contribution in [0.5, 0.6) is 5.75 Å². The number of benzene rings is 1. The van der Waals surface area contributed by atoms with E-state index in [4.69, 9.17) is 9.84 Å². The number of hydrogen-bond donors (Lipinski definition) is 2. The molecule has 0 saturated carbocycles. The van der Waals surface area contributed by atoms with Crippen molar-refractivity contribution in [2.45, 2.75) is 19.8 Å². The van der Waals surface area contributed by atoms with Crippen LogP contribution in [0.4, 0.5) is 0 Å². The molecule has 0 atom stereocenters. The number of aliphatic carboxylic acids is 1. The number of nitrogens with one attached hydrogen (secondary N) is 1. The topological polar surface area (TPSA) is 75.6 Å². The maximum absolute atomic E-state index is 11.7. The van der Waals surface area contributed by atoms with E-state index < -0.39 is 11.9 Å². The summed E-state index contributed by atoms with van der Waals surface area (Å²) in [6, 6.07) is 5.05. The number of carbonyl (C=O) groups excluding carboxylic acids is 1. The molecule has 98 valence electrons. The average Bonchev–Trinajstić information content (AvgIpc) is 2.34. The molecule has 5 heteroatoms. The fourth-order valence-corrected chi connectivity index (χ4v) is 1.58. The van der Waals surface area contributed by atoms with Crippen LogP contribution in [0.15, 0.2) is 18.2 Å². The molecule has 1 amide bonds. The van der Waals surface area contributed by atoms with E-state index in [1.165, 1.54) is 0 Å². The number of methoxy groups -OCH3 is 1. The van der Waals surface area contributed by atoms with Gasteiger partial charge in [-0.1, -0.05) is 13.8 Å². The molecule has 5 nitrogen and oxygen atoms in total. The quantitative estimate of drug-likeness (QED) is 0.834. The largest absolute Gasteiger partial charge is 0.496 e. The maximum Gasteiger partial charge on any atom is 0.322 e. The molecule has 0 aliphatic rings. The first-order chi connectivity index (χ1) is 8.45. The number of amides is 1. The Labute approximate surface area is 106 Å². The van der Waals surface area contributed by atoms with E-state index in [2.05, 4.69) is 5.32 Å². The van der Waals surface area contributed by atoms with Gasteiger partial charge < -0.3 is 15.2 Å². The summed E-state index contributed by atoms with van der Waals surface area (Å²) in [6.07, 6.45) is 0. The Hall–Kier alpha value is -2.04. The summed E-state index contributed by atoms with van der Waals surface area (Å²) >= 11 is 0. The van der Waals surface area contributed by atoms with Crippen LogP contribution in [0.2, 0.25) is 0 Å². The molecule has 0 aliphatic heterocycles. The molecular weight excluding hydrogens is 234 g/mol. The number of carbonyl (C=O) groups is 2. The molecule has 0 aliphatic carbocycles. The molecule has 1 rings (SSSR count). The highest BCUT2D eigenvalue weighted by Gasteiger charge is 2.12. The minimum absolute atomic E-state index is 0.215. The van der Waals surface area contributed by atoms with Gasteiger partial charge in [0.05, 0.1) is 7.11 Å². The zero-order valence-corrected chi connectivity index (χ0v) is 10.7. The van der Waals surface area contributed by atoms with Gasteiger partial charge in [-0.3, -0.25) is 9.59 Å². The fourth-order valence-electron chi connectivity index (χ4n) is 1.58. The Kier molecular flexibility index (Phi) is 4.71. The molecule has 0 fully saturated rings. The smallest absolute Gasteiger partial charge is 0.322 e. The van der Waals surface area contributed by atoms with Crippen molar-refractivity contribution in [2.24, 2.45) is 0 Å². The van der Waals surface area contributed by atoms with E-state index in [1.807, 2.05) is 13.8 Å². The van der Waals surface area contributed by atoms with Gasteiger partial charge in [0, 0.05) is 5.56 Å². The molecule has 18 heavy (non-hydrogen) atoms. The highest BCUT2D eigenvalue weighted by atomic mass is 16.5. The van der Waals surface area contributed by atoms with Crippen LogP contribution in [0.3, 0.4) is 0 Å². The summed E-state index contributed by atoms with van der Waals surface area (Å²) < 4.78 is 5.21. The molecule has 0 spiro atoms. The normalized spacial score (nSPS) is 10.2. The molecule has 0 saturated heterocycles. The van der Waals surface area contributed by atoms with Gasteiger partial charge in [-0.25, -0.2) is 0 Å². The predicted molar refractivity (Wildman–Crippen MR) is 67.1 cm³/mol. The molecule has 0 radical (unpaired) electrons. The fraction of sp³-hybridized carbons (Fsp3) is 0.385. The third kappa shape index (κ3) is 3.48. The molecule has 0 unspecified atom stereocenters. The van der Waals surface area contributed by atoms with Crippen molar-refractivity contribution in [3.8, 4) is 5.75 Å². The predicted octanol–water partition coefficient (Wildman–Crippen LogP) is 1.63. The minimum atomic E-state index is -1.07. The Bertz CT molecular complexity index is 454. The third-order valence-corrected chi connectivity index (χ3v) is 2.51. The van der Waals surface area contributed by atoms with Crippen LogP contribution >= 0.6 is 0 Å². The Morgan fingerprint density at radius 1 is 1.39 bits per heavy atom. The van der Waals surface area contributed by atoms with Gasteiger partial charge in [0.15, 0.2) is 0 Å². The standard InChI is InChI=1S/C13H17NO4/c1-8(2)10-6-9(4-5-11(10)18-3)13(17)14-7-12(15)16/h4-6,8H,7H2,1-3H3,(H,14,17)(H,15,16). The molecule has 2 N–H and O–H groups in total. The highest BCUT2D eigenvalue weighted by Crippen LogP contribution is 2.27. The monoisotopic (exact) mass is 251 g/mol. The number of carboxylic acid groups (broad SMARTS) is 1. The van der Waals surface area contributed by atoms with Gasteiger partial charge in [0.2, 0.25) is 0 Å². The van der Waals surface area contributed by atoms with Crippen LogP contribution in [-0.4, -0.2) is 30.6 Å². The van der Waals surface area contributed by atoms with E-state index in [0.717, 1.165) is 11.3 Å². The lowest BCUT2D eigenvalue weighted by molar-refractivity contribution is -0.135. The van der Waals surface area contributed by atoms with Crippen molar-refractivity contribution < 1.29 is 19.4 Å². The van der Waals surface area contributed by atoms with Crippen molar-refractivity contribution in [2.75, 3.05) is 13.7 Å². The zero-order chi connectivity index (χ0) is 13.7. The number of hydrogen-bond acceptors (Lipinski definition) is 3. The number of ether oxygens (including phenoxy) is 1. The van der Waals surface area contributed by atoms with Gasteiger partial charge in [-0.2, -0.15) is 0 Å². The second-order valence-electron chi connectivity index (χ2n) is 4.19. The van der Waals surface area contributed by atoms with E-state index in [9.17, 15) is 9.59 Å². The lowest BCUT2D eigenvalue weighted by Crippen LogP contribution is -2.29. The highest BCUT2D eigenvalue weighted by molar-refractivity contribution is 5.96. The third-order valence-electron chi connectivity index (χ3n) is 2.51. The van der Waals surface area contributed by atoms with Crippen molar-refractivity contribution >= 4 is 11.9 Å². The first kappa shape index (κ1) is 14.0. The van der Waals surface area contributed by atoms with Crippen LogP contribution in [0, 0.1) is 0 Å². The second kappa shape index (κ2) is 6.05. The molecule has 0 heterocycles. The van der Waals surface area contributed by atoms with E-state index >= 15 is 0 Å². The minimum Gasteiger partial charge on any atom is -0.496 e. The van der Waals surface area contributed by atoms with Crippen LogP contribution in [0.25, 0.3) is 0 Å². The van der Waals surface area contributed by atoms with Gasteiger partial charge in [-0.05, 0) is 29.7 Å². The summed E-state index contributed by atoms with van der Waals surface area (Å²) in [7, 11) is 1.57. The molecule has 1 aromatic carbocycles. The summed E-state index contributed by atoms with van der Waals surface area (Å²) in [4.78, 5) is 22.1. The molecule has 0 bridgehead atoms. The summed E-state index contributed by atoms with van der Waals surface area (Å²) in [5.74, 6) is -0.533. The van der Waals surface area contributed by atoms with E-state index in [0.29, 0.717) is 5.56 Å². The summed E-state index contributed by atoms with van der Waals surface area (Å²) in [5, 5.41) is 10.8. The SMILES string of the molecule is COc1ccc(C(=O)NCC(=O)O)cc1C(C)C. The Balaban J connectivity index is 2.93. The van der Waals surface area contributed by atoms with Gasteiger partial charge in [-0.15, -0.1) is 0 Å². The second-order valence-corrected chi connectivity index (χ2v) is 4.19. The Morgan fingerprint density at radius 2 is 2.06 bits per heavy atom. The van der Waals surface area contributed by atoms with E-state index in [-0.39, 0.29) is 12.5 Å².